The van der Waals surface area contributed by atoms with Crippen molar-refractivity contribution < 1.29 is 9.59 Å². The molecule has 0 aliphatic heterocycles. The summed E-state index contributed by atoms with van der Waals surface area (Å²) in [6.07, 6.45) is 1.19. The van der Waals surface area contributed by atoms with E-state index in [-0.39, 0.29) is 35.8 Å². The molecule has 7 nitrogen and oxygen atoms in total. The molecule has 0 saturated heterocycles. The second-order valence-corrected chi connectivity index (χ2v) is 6.11. The van der Waals surface area contributed by atoms with Crippen LogP contribution in [-0.2, 0) is 11.2 Å². The lowest BCUT2D eigenvalue weighted by Crippen LogP contribution is -2.40. The van der Waals surface area contributed by atoms with Crippen LogP contribution in [0.25, 0.3) is 0 Å². The zero-order chi connectivity index (χ0) is 18.8. The number of halogens is 1. The molecule has 146 valence electrons. The number of benzene rings is 1. The summed E-state index contributed by atoms with van der Waals surface area (Å²) in [4.78, 5) is 30.8. The third-order valence-corrected chi connectivity index (χ3v) is 3.64. The average molecular weight is 475 g/mol. The van der Waals surface area contributed by atoms with E-state index in [1.807, 2.05) is 24.3 Å². The molecule has 2 amide bonds. The van der Waals surface area contributed by atoms with Crippen LogP contribution in [0.1, 0.15) is 22.3 Å². The van der Waals surface area contributed by atoms with Gasteiger partial charge >= 0.3 is 0 Å². The highest BCUT2D eigenvalue weighted by Crippen LogP contribution is 2.07. The van der Waals surface area contributed by atoms with Crippen molar-refractivity contribution in [1.29, 1.82) is 0 Å². The first-order valence-corrected chi connectivity index (χ1v) is 8.30. The maximum atomic E-state index is 12.0. The van der Waals surface area contributed by atoms with Gasteiger partial charge in [-0.3, -0.25) is 14.6 Å². The molecular weight excluding hydrogens is 445 g/mol. The molecule has 1 rings (SSSR count). The van der Waals surface area contributed by atoms with Crippen molar-refractivity contribution >= 4 is 41.8 Å². The fourth-order valence-electron chi connectivity index (χ4n) is 2.18. The van der Waals surface area contributed by atoms with E-state index < -0.39 is 0 Å². The number of rotatable bonds is 7. The SMILES string of the molecule is CN=C(NCCC(=O)N(C)C)NCCc1cccc(C(=O)N(C)C)c1.I. The zero-order valence-corrected chi connectivity index (χ0v) is 18.5. The summed E-state index contributed by atoms with van der Waals surface area (Å²) in [5, 5.41) is 6.33. The molecule has 1 aromatic carbocycles. The van der Waals surface area contributed by atoms with Crippen molar-refractivity contribution in [3.05, 3.63) is 35.4 Å². The van der Waals surface area contributed by atoms with Gasteiger partial charge in [0.05, 0.1) is 0 Å². The molecule has 26 heavy (non-hydrogen) atoms. The summed E-state index contributed by atoms with van der Waals surface area (Å²) in [6, 6.07) is 7.63. The normalized spacial score (nSPS) is 10.6. The Morgan fingerprint density at radius 2 is 1.69 bits per heavy atom. The van der Waals surface area contributed by atoms with Crippen molar-refractivity contribution in [2.24, 2.45) is 4.99 Å². The van der Waals surface area contributed by atoms with Crippen LogP contribution in [0.5, 0.6) is 0 Å². The predicted octanol–water partition coefficient (Wildman–Crippen LogP) is 1.19. The van der Waals surface area contributed by atoms with Crippen molar-refractivity contribution in [1.82, 2.24) is 20.4 Å². The van der Waals surface area contributed by atoms with Gasteiger partial charge in [0.15, 0.2) is 5.96 Å². The molecule has 0 fully saturated rings. The van der Waals surface area contributed by atoms with Crippen LogP contribution in [0, 0.1) is 0 Å². The monoisotopic (exact) mass is 475 g/mol. The van der Waals surface area contributed by atoms with Gasteiger partial charge in [-0.15, -0.1) is 24.0 Å². The summed E-state index contributed by atoms with van der Waals surface area (Å²) in [7, 11) is 8.66. The van der Waals surface area contributed by atoms with Gasteiger partial charge in [0.2, 0.25) is 5.91 Å². The van der Waals surface area contributed by atoms with Crippen molar-refractivity contribution in [3.8, 4) is 0 Å². The number of nitrogens with one attached hydrogen (secondary N) is 2. The smallest absolute Gasteiger partial charge is 0.253 e. The highest BCUT2D eigenvalue weighted by Gasteiger charge is 2.08. The number of aliphatic imine (C=N–C) groups is 1. The average Bonchev–Trinajstić information content (AvgIpc) is 2.59. The van der Waals surface area contributed by atoms with Crippen LogP contribution in [0.4, 0.5) is 0 Å². The molecule has 2 N–H and O–H groups in total. The highest BCUT2D eigenvalue weighted by atomic mass is 127. The Labute approximate surface area is 173 Å². The summed E-state index contributed by atoms with van der Waals surface area (Å²) >= 11 is 0. The molecule has 0 unspecified atom stereocenters. The van der Waals surface area contributed by atoms with Gasteiger partial charge in [-0.2, -0.15) is 0 Å². The number of carbonyl (C=O) groups excluding carboxylic acids is 2. The maximum absolute atomic E-state index is 12.0. The van der Waals surface area contributed by atoms with Crippen LogP contribution in [-0.4, -0.2) is 75.9 Å². The third-order valence-electron chi connectivity index (χ3n) is 3.64. The van der Waals surface area contributed by atoms with Crippen molar-refractivity contribution in [2.75, 3.05) is 48.3 Å². The molecule has 0 aliphatic carbocycles. The Morgan fingerprint density at radius 3 is 2.27 bits per heavy atom. The summed E-state index contributed by atoms with van der Waals surface area (Å²) in [5.74, 6) is 0.732. The van der Waals surface area contributed by atoms with Gasteiger partial charge in [0, 0.05) is 60.3 Å². The van der Waals surface area contributed by atoms with Gasteiger partial charge in [0.1, 0.15) is 0 Å². The highest BCUT2D eigenvalue weighted by molar-refractivity contribution is 14.0. The first-order valence-electron chi connectivity index (χ1n) is 8.30. The molecule has 0 aromatic heterocycles. The van der Waals surface area contributed by atoms with Crippen LogP contribution >= 0.6 is 24.0 Å². The Kier molecular flexibility index (Phi) is 11.6. The van der Waals surface area contributed by atoms with Gasteiger partial charge in [-0.1, -0.05) is 12.1 Å². The van der Waals surface area contributed by atoms with E-state index in [4.69, 9.17) is 0 Å². The van der Waals surface area contributed by atoms with Gasteiger partial charge < -0.3 is 20.4 Å². The molecule has 0 spiro atoms. The topological polar surface area (TPSA) is 77.0 Å². The molecule has 0 bridgehead atoms. The first kappa shape index (κ1) is 24.2. The summed E-state index contributed by atoms with van der Waals surface area (Å²) in [5.41, 5.74) is 1.77. The van der Waals surface area contributed by atoms with E-state index in [1.54, 1.807) is 45.0 Å². The fourth-order valence-corrected chi connectivity index (χ4v) is 2.18. The second-order valence-electron chi connectivity index (χ2n) is 6.11. The number of hydrogen-bond acceptors (Lipinski definition) is 3. The molecule has 0 saturated carbocycles. The summed E-state index contributed by atoms with van der Waals surface area (Å²) < 4.78 is 0. The van der Waals surface area contributed by atoms with Gasteiger partial charge in [0.25, 0.3) is 5.91 Å². The van der Waals surface area contributed by atoms with Crippen LogP contribution in [0.3, 0.4) is 0 Å². The molecule has 0 atom stereocenters. The minimum atomic E-state index is -0.00200. The van der Waals surface area contributed by atoms with E-state index in [9.17, 15) is 9.59 Å². The Balaban J connectivity index is 0.00000625. The number of guanidine groups is 1. The number of amides is 2. The van der Waals surface area contributed by atoms with Crippen LogP contribution in [0.2, 0.25) is 0 Å². The Hall–Kier alpha value is -1.84. The fraction of sp³-hybridized carbons (Fsp3) is 0.500. The van der Waals surface area contributed by atoms with Crippen molar-refractivity contribution in [2.45, 2.75) is 12.8 Å². The predicted molar refractivity (Wildman–Crippen MR) is 116 cm³/mol. The van der Waals surface area contributed by atoms with E-state index in [1.165, 1.54) is 0 Å². The lowest BCUT2D eigenvalue weighted by molar-refractivity contribution is -0.128. The first-order chi connectivity index (χ1) is 11.8. The maximum Gasteiger partial charge on any atom is 0.253 e. The lowest BCUT2D eigenvalue weighted by atomic mass is 10.1. The van der Waals surface area contributed by atoms with E-state index in [2.05, 4.69) is 15.6 Å². The van der Waals surface area contributed by atoms with Crippen molar-refractivity contribution in [3.63, 3.8) is 0 Å². The minimum absolute atomic E-state index is 0. The Morgan fingerprint density at radius 1 is 1.04 bits per heavy atom. The van der Waals surface area contributed by atoms with Crippen LogP contribution < -0.4 is 10.6 Å². The molecule has 8 heteroatoms. The van der Waals surface area contributed by atoms with Gasteiger partial charge in [-0.05, 0) is 24.1 Å². The molecule has 0 heterocycles. The standard InChI is InChI=1S/C18H29N5O2.HI/c1-19-18(21-12-10-16(24)22(2)3)20-11-9-14-7-6-8-15(13-14)17(25)23(4)5;/h6-8,13H,9-12H2,1-5H3,(H2,19,20,21);1H. The van der Waals surface area contributed by atoms with Gasteiger partial charge in [-0.25, -0.2) is 0 Å². The quantitative estimate of drug-likeness (QED) is 0.353. The molecular formula is C18H30IN5O2. The van der Waals surface area contributed by atoms with E-state index >= 15 is 0 Å². The largest absolute Gasteiger partial charge is 0.356 e. The van der Waals surface area contributed by atoms with E-state index in [0.717, 1.165) is 12.0 Å². The zero-order valence-electron chi connectivity index (χ0n) is 16.2. The number of carbonyl (C=O) groups is 2. The lowest BCUT2D eigenvalue weighted by Gasteiger charge is -2.14. The molecule has 1 aromatic rings. The van der Waals surface area contributed by atoms with E-state index in [0.29, 0.717) is 31.0 Å². The molecule has 0 aliphatic rings. The second kappa shape index (κ2) is 12.5. The number of hydrogen-bond donors (Lipinski definition) is 2. The minimum Gasteiger partial charge on any atom is -0.356 e. The Bertz CT molecular complexity index is 617. The number of nitrogens with zero attached hydrogens (tertiary/aromatic N) is 3. The summed E-state index contributed by atoms with van der Waals surface area (Å²) in [6.45, 7) is 1.21. The molecule has 0 radical (unpaired) electrons. The van der Waals surface area contributed by atoms with Crippen LogP contribution in [0.15, 0.2) is 29.3 Å². The third kappa shape index (κ3) is 8.50.